The van der Waals surface area contributed by atoms with E-state index in [9.17, 15) is 18.0 Å². The molecule has 8 nitrogen and oxygen atoms in total. The fourth-order valence-electron chi connectivity index (χ4n) is 2.46. The Hall–Kier alpha value is -3.34. The van der Waals surface area contributed by atoms with E-state index in [1.54, 1.807) is 18.2 Å². The van der Waals surface area contributed by atoms with Crippen LogP contribution in [0.3, 0.4) is 0 Å². The Morgan fingerprint density at radius 2 is 1.97 bits per heavy atom. The van der Waals surface area contributed by atoms with Gasteiger partial charge in [0.05, 0.1) is 24.2 Å². The Kier molecular flexibility index (Phi) is 5.87. The Bertz CT molecular complexity index is 1010. The van der Waals surface area contributed by atoms with E-state index in [0.29, 0.717) is 17.1 Å². The molecule has 12 heteroatoms. The highest BCUT2D eigenvalue weighted by Crippen LogP contribution is 2.36. The third-order valence-corrected chi connectivity index (χ3v) is 4.11. The van der Waals surface area contributed by atoms with Gasteiger partial charge in [0, 0.05) is 11.4 Å². The van der Waals surface area contributed by atoms with Crippen LogP contribution in [0, 0.1) is 0 Å². The zero-order valence-corrected chi connectivity index (χ0v) is 15.6. The van der Waals surface area contributed by atoms with E-state index in [1.165, 1.54) is 24.2 Å². The largest absolute Gasteiger partial charge is 0.494 e. The number of methoxy groups -OCH3 is 1. The number of amides is 1. The monoisotopic (exact) mass is 426 g/mol. The summed E-state index contributed by atoms with van der Waals surface area (Å²) < 4.78 is 45.4. The number of carbonyl (C=O) groups is 1. The zero-order valence-electron chi connectivity index (χ0n) is 14.9. The molecule has 0 spiro atoms. The lowest BCUT2D eigenvalue weighted by molar-refractivity contribution is -0.137. The van der Waals surface area contributed by atoms with Crippen molar-refractivity contribution in [3.8, 4) is 11.4 Å². The molecule has 0 radical (unpaired) electrons. The van der Waals surface area contributed by atoms with Crippen molar-refractivity contribution in [3.05, 3.63) is 53.3 Å². The normalized spacial score (nSPS) is 11.2. The molecule has 0 aliphatic carbocycles. The van der Waals surface area contributed by atoms with E-state index in [2.05, 4.69) is 26.2 Å². The first-order chi connectivity index (χ1) is 13.8. The molecule has 3 aromatic rings. The number of nitrogens with zero attached hydrogens (tertiary/aromatic N) is 4. The van der Waals surface area contributed by atoms with Crippen LogP contribution in [0.5, 0.6) is 5.75 Å². The molecule has 1 heterocycles. The van der Waals surface area contributed by atoms with E-state index < -0.39 is 22.7 Å². The van der Waals surface area contributed by atoms with Crippen molar-refractivity contribution in [2.75, 3.05) is 24.3 Å². The van der Waals surface area contributed by atoms with Crippen LogP contribution in [0.15, 0.2) is 42.7 Å². The topological polar surface area (TPSA) is 94.0 Å². The van der Waals surface area contributed by atoms with Crippen LogP contribution in [0.1, 0.15) is 5.56 Å². The third-order valence-electron chi connectivity index (χ3n) is 3.78. The van der Waals surface area contributed by atoms with E-state index in [-0.39, 0.29) is 12.2 Å². The number of carbonyl (C=O) groups excluding carboxylic acids is 1. The standard InChI is InChI=1S/C17H14ClF3N6O2/c1-29-15-5-3-10(7-14(15)27-9-23-25-26-27)22-8-16(28)24-11-2-4-13(18)12(6-11)17(19,20)21/h2-7,9,22H,8H2,1H3,(H,24,28). The number of benzene rings is 2. The fourth-order valence-corrected chi connectivity index (χ4v) is 2.68. The summed E-state index contributed by atoms with van der Waals surface area (Å²) in [6.45, 7) is -0.189. The first-order valence-electron chi connectivity index (χ1n) is 8.10. The molecule has 0 atom stereocenters. The molecule has 2 N–H and O–H groups in total. The Balaban J connectivity index is 1.68. The van der Waals surface area contributed by atoms with Gasteiger partial charge in [0.25, 0.3) is 0 Å². The lowest BCUT2D eigenvalue weighted by atomic mass is 10.2. The molecule has 0 unspecified atom stereocenters. The summed E-state index contributed by atoms with van der Waals surface area (Å²) in [5.74, 6) is -0.0339. The van der Waals surface area contributed by atoms with Gasteiger partial charge in [-0.1, -0.05) is 11.6 Å². The average Bonchev–Trinajstić information content (AvgIpc) is 3.21. The maximum absolute atomic E-state index is 12.9. The molecule has 2 aromatic carbocycles. The number of hydrogen-bond acceptors (Lipinski definition) is 6. The van der Waals surface area contributed by atoms with Gasteiger partial charge in [-0.25, -0.2) is 0 Å². The minimum Gasteiger partial charge on any atom is -0.494 e. The van der Waals surface area contributed by atoms with Gasteiger partial charge < -0.3 is 15.4 Å². The number of ether oxygens (including phenoxy) is 1. The van der Waals surface area contributed by atoms with Gasteiger partial charge >= 0.3 is 6.18 Å². The molecule has 0 bridgehead atoms. The summed E-state index contributed by atoms with van der Waals surface area (Å²) in [5.41, 5.74) is 0.0535. The number of halogens is 4. The number of aromatic nitrogens is 4. The van der Waals surface area contributed by atoms with Crippen molar-refractivity contribution in [1.82, 2.24) is 20.2 Å². The molecular weight excluding hydrogens is 413 g/mol. The summed E-state index contributed by atoms with van der Waals surface area (Å²) in [7, 11) is 1.49. The molecule has 152 valence electrons. The number of rotatable bonds is 6. The number of anilines is 2. The lowest BCUT2D eigenvalue weighted by Crippen LogP contribution is -2.22. The second kappa shape index (κ2) is 8.35. The lowest BCUT2D eigenvalue weighted by Gasteiger charge is -2.13. The first kappa shape index (κ1) is 20.4. The molecule has 0 saturated heterocycles. The number of tetrazole rings is 1. The summed E-state index contributed by atoms with van der Waals surface area (Å²) in [6.07, 6.45) is -3.24. The van der Waals surface area contributed by atoms with Gasteiger partial charge in [-0.2, -0.15) is 17.9 Å². The van der Waals surface area contributed by atoms with Crippen molar-refractivity contribution in [3.63, 3.8) is 0 Å². The molecule has 3 rings (SSSR count). The summed E-state index contributed by atoms with van der Waals surface area (Å²) in [5, 5.41) is 15.7. The molecule has 0 fully saturated rings. The second-order valence-electron chi connectivity index (χ2n) is 5.74. The molecule has 0 aliphatic rings. The first-order valence-corrected chi connectivity index (χ1v) is 8.47. The van der Waals surface area contributed by atoms with Crippen LogP contribution in [0.4, 0.5) is 24.5 Å². The van der Waals surface area contributed by atoms with Crippen molar-refractivity contribution < 1.29 is 22.7 Å². The van der Waals surface area contributed by atoms with Crippen LogP contribution in [-0.2, 0) is 11.0 Å². The number of alkyl halides is 3. The van der Waals surface area contributed by atoms with Gasteiger partial charge in [0.15, 0.2) is 0 Å². The zero-order chi connectivity index (χ0) is 21.0. The van der Waals surface area contributed by atoms with Crippen LogP contribution in [-0.4, -0.2) is 39.8 Å². The quantitative estimate of drug-likeness (QED) is 0.627. The van der Waals surface area contributed by atoms with Crippen molar-refractivity contribution >= 4 is 28.9 Å². The predicted octanol–water partition coefficient (Wildman–Crippen LogP) is 3.39. The van der Waals surface area contributed by atoms with Crippen LogP contribution < -0.4 is 15.4 Å². The molecule has 1 amide bonds. The molecular formula is C17H14ClF3N6O2. The van der Waals surface area contributed by atoms with E-state index in [4.69, 9.17) is 16.3 Å². The van der Waals surface area contributed by atoms with Gasteiger partial charge in [0.2, 0.25) is 5.91 Å². The van der Waals surface area contributed by atoms with Crippen LogP contribution in [0.2, 0.25) is 5.02 Å². The molecule has 1 aromatic heterocycles. The predicted molar refractivity (Wildman–Crippen MR) is 99.3 cm³/mol. The highest BCUT2D eigenvalue weighted by Gasteiger charge is 2.33. The number of hydrogen-bond donors (Lipinski definition) is 2. The second-order valence-corrected chi connectivity index (χ2v) is 6.14. The van der Waals surface area contributed by atoms with Gasteiger partial charge in [-0.05, 0) is 46.8 Å². The van der Waals surface area contributed by atoms with Crippen molar-refractivity contribution in [2.45, 2.75) is 6.18 Å². The SMILES string of the molecule is COc1ccc(NCC(=O)Nc2ccc(Cl)c(C(F)(F)F)c2)cc1-n1cnnn1. The molecule has 0 saturated carbocycles. The van der Waals surface area contributed by atoms with E-state index in [0.717, 1.165) is 12.1 Å². The third kappa shape index (κ3) is 4.93. The Morgan fingerprint density at radius 1 is 1.21 bits per heavy atom. The summed E-state index contributed by atoms with van der Waals surface area (Å²) in [4.78, 5) is 12.1. The van der Waals surface area contributed by atoms with Crippen LogP contribution >= 0.6 is 11.6 Å². The van der Waals surface area contributed by atoms with Gasteiger partial charge in [-0.15, -0.1) is 5.10 Å². The smallest absolute Gasteiger partial charge is 0.417 e. The summed E-state index contributed by atoms with van der Waals surface area (Å²) >= 11 is 5.57. The maximum atomic E-state index is 12.9. The van der Waals surface area contributed by atoms with E-state index in [1.807, 2.05) is 0 Å². The Labute approximate surface area is 167 Å². The maximum Gasteiger partial charge on any atom is 0.417 e. The van der Waals surface area contributed by atoms with Gasteiger partial charge in [0.1, 0.15) is 17.8 Å². The van der Waals surface area contributed by atoms with Crippen molar-refractivity contribution in [1.29, 1.82) is 0 Å². The molecule has 29 heavy (non-hydrogen) atoms. The number of nitrogens with one attached hydrogen (secondary N) is 2. The summed E-state index contributed by atoms with van der Waals surface area (Å²) in [6, 6.07) is 8.14. The fraction of sp³-hybridized carbons (Fsp3) is 0.176. The molecule has 0 aliphatic heterocycles. The highest BCUT2D eigenvalue weighted by atomic mass is 35.5. The Morgan fingerprint density at radius 3 is 2.62 bits per heavy atom. The minimum absolute atomic E-state index is 0.0161. The highest BCUT2D eigenvalue weighted by molar-refractivity contribution is 6.31. The minimum atomic E-state index is -4.62. The van der Waals surface area contributed by atoms with Crippen LogP contribution in [0.25, 0.3) is 5.69 Å². The van der Waals surface area contributed by atoms with E-state index >= 15 is 0 Å². The van der Waals surface area contributed by atoms with Gasteiger partial charge in [-0.3, -0.25) is 4.79 Å². The van der Waals surface area contributed by atoms with Crippen molar-refractivity contribution in [2.24, 2.45) is 0 Å². The average molecular weight is 427 g/mol.